The van der Waals surface area contributed by atoms with Crippen LogP contribution in [-0.4, -0.2) is 43.5 Å². The molecule has 1 aromatic carbocycles. The van der Waals surface area contributed by atoms with Gasteiger partial charge in [-0.2, -0.15) is 0 Å². The van der Waals surface area contributed by atoms with Gasteiger partial charge in [0.2, 0.25) is 0 Å². The van der Waals surface area contributed by atoms with Crippen molar-refractivity contribution in [2.45, 2.75) is 25.8 Å². The van der Waals surface area contributed by atoms with E-state index >= 15 is 0 Å². The highest BCUT2D eigenvalue weighted by Gasteiger charge is 2.25. The van der Waals surface area contributed by atoms with Gasteiger partial charge in [0, 0.05) is 19.6 Å². The fourth-order valence-corrected chi connectivity index (χ4v) is 3.03. The van der Waals surface area contributed by atoms with Gasteiger partial charge in [-0.15, -0.1) is 0 Å². The summed E-state index contributed by atoms with van der Waals surface area (Å²) in [7, 11) is 1.94. The van der Waals surface area contributed by atoms with Crippen molar-refractivity contribution in [3.05, 3.63) is 29.6 Å². The topological polar surface area (TPSA) is 56.4 Å². The number of nitrogens with two attached hydrogens (primary N) is 1. The predicted octanol–water partition coefficient (Wildman–Crippen LogP) is 2.03. The Morgan fingerprint density at radius 1 is 1.55 bits per heavy atom. The summed E-state index contributed by atoms with van der Waals surface area (Å²) in [6.45, 7) is 5.18. The molecule has 0 radical (unpaired) electrons. The zero-order chi connectivity index (χ0) is 14.7. The minimum Gasteiger partial charge on any atom is -0.384 e. The standard InChI is InChI=1S/C15H23FN4/c1-3-20-9-5-6-11(20)10-19(2)13-8-4-7-12(16)14(13)15(17)18/h4,7-8,11H,3,5-6,9-10H2,1-2H3,(H3,17,18). The number of benzene rings is 1. The molecule has 1 heterocycles. The molecule has 1 saturated heterocycles. The third-order valence-corrected chi connectivity index (χ3v) is 4.06. The van der Waals surface area contributed by atoms with Gasteiger partial charge in [-0.05, 0) is 38.1 Å². The van der Waals surface area contributed by atoms with Crippen LogP contribution in [0.2, 0.25) is 0 Å². The van der Waals surface area contributed by atoms with Crippen LogP contribution in [0.3, 0.4) is 0 Å². The van der Waals surface area contributed by atoms with Crippen molar-refractivity contribution in [2.75, 3.05) is 31.6 Å². The highest BCUT2D eigenvalue weighted by Crippen LogP contribution is 2.24. The summed E-state index contributed by atoms with van der Waals surface area (Å²) >= 11 is 0. The van der Waals surface area contributed by atoms with Crippen molar-refractivity contribution in [3.63, 3.8) is 0 Å². The molecule has 0 amide bonds. The molecule has 0 saturated carbocycles. The number of nitrogen functional groups attached to an aromatic ring is 1. The van der Waals surface area contributed by atoms with Crippen molar-refractivity contribution in [1.82, 2.24) is 4.90 Å². The first-order chi connectivity index (χ1) is 9.54. The molecule has 4 nitrogen and oxygen atoms in total. The van der Waals surface area contributed by atoms with Gasteiger partial charge >= 0.3 is 0 Å². The first kappa shape index (κ1) is 14.8. The van der Waals surface area contributed by atoms with Gasteiger partial charge < -0.3 is 10.6 Å². The number of likely N-dealkylation sites (tertiary alicyclic amines) is 1. The average molecular weight is 278 g/mol. The summed E-state index contributed by atoms with van der Waals surface area (Å²) in [6.07, 6.45) is 2.39. The SMILES string of the molecule is CCN1CCCC1CN(C)c1cccc(F)c1C(=N)N. The van der Waals surface area contributed by atoms with Crippen LogP contribution in [0.5, 0.6) is 0 Å². The van der Waals surface area contributed by atoms with E-state index in [9.17, 15) is 4.39 Å². The molecule has 3 N–H and O–H groups in total. The third kappa shape index (κ3) is 2.93. The lowest BCUT2D eigenvalue weighted by Crippen LogP contribution is -2.39. The van der Waals surface area contributed by atoms with Crippen LogP contribution in [0, 0.1) is 11.2 Å². The Hall–Kier alpha value is -1.62. The zero-order valence-electron chi connectivity index (χ0n) is 12.2. The van der Waals surface area contributed by atoms with Crippen LogP contribution in [0.25, 0.3) is 0 Å². The molecular formula is C15H23FN4. The van der Waals surface area contributed by atoms with Crippen molar-refractivity contribution in [3.8, 4) is 0 Å². The minimum absolute atomic E-state index is 0.205. The lowest BCUT2D eigenvalue weighted by atomic mass is 10.1. The minimum atomic E-state index is -0.430. The second-order valence-electron chi connectivity index (χ2n) is 5.35. The molecule has 2 rings (SSSR count). The van der Waals surface area contributed by atoms with Crippen LogP contribution in [0.1, 0.15) is 25.3 Å². The highest BCUT2D eigenvalue weighted by atomic mass is 19.1. The smallest absolute Gasteiger partial charge is 0.136 e. The molecule has 1 aliphatic rings. The van der Waals surface area contributed by atoms with Crippen LogP contribution in [0.15, 0.2) is 18.2 Å². The van der Waals surface area contributed by atoms with Gasteiger partial charge in [-0.3, -0.25) is 10.3 Å². The van der Waals surface area contributed by atoms with Crippen LogP contribution < -0.4 is 10.6 Å². The molecule has 5 heteroatoms. The summed E-state index contributed by atoms with van der Waals surface area (Å²) in [5.74, 6) is -0.649. The molecule has 1 unspecified atom stereocenters. The van der Waals surface area contributed by atoms with Crippen LogP contribution >= 0.6 is 0 Å². The van der Waals surface area contributed by atoms with Gasteiger partial charge in [0.1, 0.15) is 11.7 Å². The van der Waals surface area contributed by atoms with Crippen molar-refractivity contribution in [2.24, 2.45) is 5.73 Å². The Labute approximate surface area is 119 Å². The van der Waals surface area contributed by atoms with Crippen molar-refractivity contribution in [1.29, 1.82) is 5.41 Å². The number of nitrogens with one attached hydrogen (secondary N) is 1. The number of hydrogen-bond acceptors (Lipinski definition) is 3. The van der Waals surface area contributed by atoms with E-state index in [1.165, 1.54) is 18.9 Å². The van der Waals surface area contributed by atoms with E-state index in [0.29, 0.717) is 11.7 Å². The summed E-state index contributed by atoms with van der Waals surface area (Å²) in [6, 6.07) is 5.33. The van der Waals surface area contributed by atoms with E-state index in [1.807, 2.05) is 18.0 Å². The molecule has 0 spiro atoms. The quantitative estimate of drug-likeness (QED) is 0.640. The molecule has 20 heavy (non-hydrogen) atoms. The maximum Gasteiger partial charge on any atom is 0.136 e. The number of likely N-dealkylation sites (N-methyl/N-ethyl adjacent to an activating group) is 2. The number of anilines is 1. The molecule has 0 aliphatic carbocycles. The fraction of sp³-hybridized carbons (Fsp3) is 0.533. The summed E-state index contributed by atoms with van der Waals surface area (Å²) < 4.78 is 13.9. The Bertz CT molecular complexity index is 489. The molecule has 110 valence electrons. The lowest BCUT2D eigenvalue weighted by molar-refractivity contribution is 0.270. The van der Waals surface area contributed by atoms with E-state index in [0.717, 1.165) is 19.6 Å². The number of halogens is 1. The summed E-state index contributed by atoms with van der Waals surface area (Å²) in [5, 5.41) is 7.57. The van der Waals surface area contributed by atoms with Gasteiger partial charge in [-0.1, -0.05) is 13.0 Å². The number of nitrogens with zero attached hydrogens (tertiary/aromatic N) is 2. The number of amidine groups is 1. The van der Waals surface area contributed by atoms with Crippen molar-refractivity contribution >= 4 is 11.5 Å². The normalized spacial score (nSPS) is 19.2. The number of rotatable bonds is 5. The Kier molecular flexibility index (Phi) is 4.60. The molecule has 1 atom stereocenters. The van der Waals surface area contributed by atoms with E-state index < -0.39 is 5.82 Å². The van der Waals surface area contributed by atoms with E-state index in [2.05, 4.69) is 11.8 Å². The van der Waals surface area contributed by atoms with Gasteiger partial charge in [0.05, 0.1) is 11.3 Å². The molecule has 1 fully saturated rings. The Morgan fingerprint density at radius 2 is 2.30 bits per heavy atom. The summed E-state index contributed by atoms with van der Waals surface area (Å²) in [5.41, 5.74) is 6.42. The van der Waals surface area contributed by atoms with E-state index in [1.54, 1.807) is 6.07 Å². The Balaban J connectivity index is 2.19. The largest absolute Gasteiger partial charge is 0.384 e. The average Bonchev–Trinajstić information content (AvgIpc) is 2.85. The zero-order valence-corrected chi connectivity index (χ0v) is 12.2. The van der Waals surface area contributed by atoms with Crippen LogP contribution in [-0.2, 0) is 0 Å². The van der Waals surface area contributed by atoms with Gasteiger partial charge in [-0.25, -0.2) is 4.39 Å². The summed E-state index contributed by atoms with van der Waals surface area (Å²) in [4.78, 5) is 4.46. The first-order valence-corrected chi connectivity index (χ1v) is 7.12. The lowest BCUT2D eigenvalue weighted by Gasteiger charge is -2.30. The second kappa shape index (κ2) is 6.22. The highest BCUT2D eigenvalue weighted by molar-refractivity contribution is 6.00. The van der Waals surface area contributed by atoms with Gasteiger partial charge in [0.25, 0.3) is 0 Å². The van der Waals surface area contributed by atoms with Gasteiger partial charge in [0.15, 0.2) is 0 Å². The predicted molar refractivity (Wildman–Crippen MR) is 81.0 cm³/mol. The third-order valence-electron chi connectivity index (χ3n) is 4.06. The molecule has 1 aliphatic heterocycles. The maximum atomic E-state index is 13.9. The first-order valence-electron chi connectivity index (χ1n) is 7.12. The van der Waals surface area contributed by atoms with E-state index in [4.69, 9.17) is 11.1 Å². The molecule has 0 aromatic heterocycles. The molecule has 0 bridgehead atoms. The monoisotopic (exact) mass is 278 g/mol. The number of hydrogen-bond donors (Lipinski definition) is 2. The maximum absolute atomic E-state index is 13.9. The Morgan fingerprint density at radius 3 is 2.95 bits per heavy atom. The van der Waals surface area contributed by atoms with Crippen molar-refractivity contribution < 1.29 is 4.39 Å². The second-order valence-corrected chi connectivity index (χ2v) is 5.35. The van der Waals surface area contributed by atoms with Crippen LogP contribution in [0.4, 0.5) is 10.1 Å². The molecular weight excluding hydrogens is 255 g/mol. The molecule has 1 aromatic rings. The van der Waals surface area contributed by atoms with E-state index in [-0.39, 0.29) is 11.4 Å². The fourth-order valence-electron chi connectivity index (χ4n) is 3.03.